The summed E-state index contributed by atoms with van der Waals surface area (Å²) in [5, 5.41) is 7.65. The lowest BCUT2D eigenvalue weighted by molar-refractivity contribution is -0.119. The maximum Gasteiger partial charge on any atom is 0.230 e. The van der Waals surface area contributed by atoms with Crippen LogP contribution in [0.4, 0.5) is 0 Å². The number of amides is 1. The largest absolute Gasteiger partial charge is 0.482 e. The second kappa shape index (κ2) is 11.9. The van der Waals surface area contributed by atoms with Crippen molar-refractivity contribution in [3.8, 4) is 0 Å². The standard InChI is InChI=1S/C20H26Cl2N4O4S/c1-28-18-8-19(25-20(24-18)29-2)31-12-17(27)23-9-14-11-26(5-6-30-14)10-13-3-4-15(21)16(22)7-13/h3-4,7-8,14,20,24H,5-6,9-12H2,1-2H3,(H,23,27)/t14-,20?/m0/s1. The molecule has 0 spiro atoms. The summed E-state index contributed by atoms with van der Waals surface area (Å²) in [7, 11) is 3.10. The summed E-state index contributed by atoms with van der Waals surface area (Å²) < 4.78 is 16.2. The Morgan fingerprint density at radius 2 is 2.23 bits per heavy atom. The second-order valence-corrected chi connectivity index (χ2v) is 8.79. The van der Waals surface area contributed by atoms with E-state index in [1.807, 2.05) is 12.1 Å². The van der Waals surface area contributed by atoms with E-state index >= 15 is 0 Å². The van der Waals surface area contributed by atoms with Crippen molar-refractivity contribution in [2.24, 2.45) is 4.99 Å². The van der Waals surface area contributed by atoms with Crippen molar-refractivity contribution >= 4 is 45.9 Å². The molecule has 0 aliphatic carbocycles. The number of rotatable bonds is 8. The van der Waals surface area contributed by atoms with Crippen LogP contribution in [-0.4, -0.2) is 74.5 Å². The van der Waals surface area contributed by atoms with Crippen molar-refractivity contribution in [3.05, 3.63) is 45.8 Å². The highest BCUT2D eigenvalue weighted by atomic mass is 35.5. The Kier molecular flexibility index (Phi) is 9.30. The van der Waals surface area contributed by atoms with Gasteiger partial charge >= 0.3 is 0 Å². The predicted molar refractivity (Wildman–Crippen MR) is 123 cm³/mol. The summed E-state index contributed by atoms with van der Waals surface area (Å²) in [5.74, 6) is 0.697. The molecule has 3 rings (SSSR count). The number of methoxy groups -OCH3 is 2. The second-order valence-electron chi connectivity index (χ2n) is 6.98. The SMILES string of the molecule is COC1=CC(SCC(=O)NC[C@H]2CN(Cc3ccc(Cl)c(Cl)c3)CCO2)=NC(OC)N1. The third-order valence-electron chi connectivity index (χ3n) is 4.70. The van der Waals surface area contributed by atoms with Crippen LogP contribution in [0.1, 0.15) is 5.56 Å². The Labute approximate surface area is 196 Å². The van der Waals surface area contributed by atoms with Gasteiger partial charge in [-0.05, 0) is 17.7 Å². The monoisotopic (exact) mass is 488 g/mol. The first-order valence-electron chi connectivity index (χ1n) is 9.77. The fourth-order valence-electron chi connectivity index (χ4n) is 3.13. The molecular formula is C20H26Cl2N4O4S. The number of thioether (sulfide) groups is 1. The summed E-state index contributed by atoms with van der Waals surface area (Å²) in [4.78, 5) is 18.9. The number of benzene rings is 1. The highest BCUT2D eigenvalue weighted by Crippen LogP contribution is 2.23. The van der Waals surface area contributed by atoms with Gasteiger partial charge in [-0.3, -0.25) is 9.69 Å². The van der Waals surface area contributed by atoms with E-state index in [2.05, 4.69) is 20.5 Å². The van der Waals surface area contributed by atoms with E-state index in [-0.39, 0.29) is 17.8 Å². The lowest BCUT2D eigenvalue weighted by Gasteiger charge is -2.33. The van der Waals surface area contributed by atoms with Crippen molar-refractivity contribution in [2.75, 3.05) is 46.2 Å². The normalized spacial score (nSPS) is 21.7. The van der Waals surface area contributed by atoms with Gasteiger partial charge in [-0.2, -0.15) is 0 Å². The maximum atomic E-state index is 12.3. The van der Waals surface area contributed by atoms with Crippen LogP contribution in [0.2, 0.25) is 10.0 Å². The Morgan fingerprint density at radius 1 is 1.39 bits per heavy atom. The van der Waals surface area contributed by atoms with Gasteiger partial charge in [-0.15, -0.1) is 0 Å². The number of hydrogen-bond acceptors (Lipinski definition) is 8. The minimum atomic E-state index is -0.525. The summed E-state index contributed by atoms with van der Waals surface area (Å²) in [6.45, 7) is 3.36. The molecular weight excluding hydrogens is 463 g/mol. The molecule has 170 valence electrons. The van der Waals surface area contributed by atoms with Gasteiger partial charge in [-0.25, -0.2) is 4.99 Å². The smallest absolute Gasteiger partial charge is 0.230 e. The van der Waals surface area contributed by atoms with Crippen molar-refractivity contribution in [2.45, 2.75) is 19.0 Å². The number of nitrogens with one attached hydrogen (secondary N) is 2. The lowest BCUT2D eigenvalue weighted by atomic mass is 10.2. The average molecular weight is 489 g/mol. The molecule has 1 fully saturated rings. The molecule has 11 heteroatoms. The molecule has 1 amide bonds. The van der Waals surface area contributed by atoms with E-state index in [4.69, 9.17) is 37.4 Å². The van der Waals surface area contributed by atoms with Gasteiger partial charge in [0.25, 0.3) is 0 Å². The molecule has 1 saturated heterocycles. The number of carbonyl (C=O) groups is 1. The molecule has 2 N–H and O–H groups in total. The van der Waals surface area contributed by atoms with Crippen LogP contribution in [0.3, 0.4) is 0 Å². The summed E-state index contributed by atoms with van der Waals surface area (Å²) in [5.41, 5.74) is 1.09. The number of halogens is 2. The van der Waals surface area contributed by atoms with Crippen LogP contribution in [0.15, 0.2) is 35.2 Å². The van der Waals surface area contributed by atoms with Crippen molar-refractivity contribution in [1.29, 1.82) is 0 Å². The van der Waals surface area contributed by atoms with Crippen LogP contribution in [0.5, 0.6) is 0 Å². The molecule has 0 bridgehead atoms. The van der Waals surface area contributed by atoms with Crippen LogP contribution >= 0.6 is 35.0 Å². The third kappa shape index (κ3) is 7.55. The van der Waals surface area contributed by atoms with Crippen LogP contribution in [-0.2, 0) is 25.5 Å². The summed E-state index contributed by atoms with van der Waals surface area (Å²) in [6.07, 6.45) is 1.14. The fourth-order valence-corrected chi connectivity index (χ4v) is 4.19. The van der Waals surface area contributed by atoms with E-state index in [1.165, 1.54) is 11.8 Å². The van der Waals surface area contributed by atoms with Crippen LogP contribution < -0.4 is 10.6 Å². The van der Waals surface area contributed by atoms with Gasteiger partial charge in [0.15, 0.2) is 5.88 Å². The highest BCUT2D eigenvalue weighted by molar-refractivity contribution is 8.14. The molecule has 1 aromatic carbocycles. The van der Waals surface area contributed by atoms with Crippen LogP contribution in [0.25, 0.3) is 0 Å². The van der Waals surface area contributed by atoms with Gasteiger partial charge in [0.05, 0.1) is 35.6 Å². The van der Waals surface area contributed by atoms with Crippen molar-refractivity contribution in [1.82, 2.24) is 15.5 Å². The van der Waals surface area contributed by atoms with Gasteiger partial charge in [0.1, 0.15) is 5.04 Å². The van der Waals surface area contributed by atoms with Crippen LogP contribution in [0, 0.1) is 0 Å². The Hall–Kier alpha value is -1.49. The molecule has 0 saturated carbocycles. The maximum absolute atomic E-state index is 12.3. The molecule has 1 unspecified atom stereocenters. The number of aliphatic imine (C=N–C) groups is 1. The van der Waals surface area contributed by atoms with Gasteiger partial charge < -0.3 is 24.8 Å². The minimum Gasteiger partial charge on any atom is -0.482 e. The highest BCUT2D eigenvalue weighted by Gasteiger charge is 2.22. The van der Waals surface area contributed by atoms with E-state index in [9.17, 15) is 4.79 Å². The van der Waals surface area contributed by atoms with E-state index in [0.29, 0.717) is 34.1 Å². The molecule has 1 aromatic rings. The topological polar surface area (TPSA) is 84.4 Å². The Balaban J connectivity index is 1.42. The molecule has 0 aromatic heterocycles. The first-order valence-corrected chi connectivity index (χ1v) is 11.5. The molecule has 2 aliphatic heterocycles. The van der Waals surface area contributed by atoms with Crippen molar-refractivity contribution < 1.29 is 19.0 Å². The predicted octanol–water partition coefficient (Wildman–Crippen LogP) is 2.46. The first-order chi connectivity index (χ1) is 15.0. The quantitative estimate of drug-likeness (QED) is 0.581. The zero-order chi connectivity index (χ0) is 22.2. The zero-order valence-corrected chi connectivity index (χ0v) is 19.7. The molecule has 2 atom stereocenters. The summed E-state index contributed by atoms with van der Waals surface area (Å²) in [6, 6.07) is 5.66. The molecule has 0 radical (unpaired) electrons. The zero-order valence-electron chi connectivity index (χ0n) is 17.4. The van der Waals surface area contributed by atoms with Gasteiger partial charge in [0.2, 0.25) is 12.3 Å². The van der Waals surface area contributed by atoms with Crippen molar-refractivity contribution in [3.63, 3.8) is 0 Å². The van der Waals surface area contributed by atoms with Gasteiger partial charge in [-0.1, -0.05) is 41.0 Å². The lowest BCUT2D eigenvalue weighted by Crippen LogP contribution is -2.47. The number of ether oxygens (including phenoxy) is 3. The number of morpholine rings is 1. The number of nitrogens with zero attached hydrogens (tertiary/aromatic N) is 2. The first kappa shape index (κ1) is 24.2. The van der Waals surface area contributed by atoms with Gasteiger partial charge in [0, 0.05) is 39.4 Å². The fraction of sp³-hybridized carbons (Fsp3) is 0.500. The molecule has 8 nitrogen and oxygen atoms in total. The molecule has 2 heterocycles. The van der Waals surface area contributed by atoms with E-state index in [0.717, 1.165) is 25.2 Å². The minimum absolute atomic E-state index is 0.0699. The van der Waals surface area contributed by atoms with E-state index in [1.54, 1.807) is 26.4 Å². The molecule has 2 aliphatic rings. The number of carbonyl (C=O) groups excluding carboxylic acids is 1. The average Bonchev–Trinajstić information content (AvgIpc) is 2.78. The Bertz CT molecular complexity index is 839. The third-order valence-corrected chi connectivity index (χ3v) is 6.36. The number of hydrogen-bond donors (Lipinski definition) is 2. The Morgan fingerprint density at radius 3 is 2.97 bits per heavy atom. The van der Waals surface area contributed by atoms with E-state index < -0.39 is 6.35 Å². The molecule has 31 heavy (non-hydrogen) atoms. The summed E-state index contributed by atoms with van der Waals surface area (Å²) >= 11 is 13.4.